The summed E-state index contributed by atoms with van der Waals surface area (Å²) in [5.41, 5.74) is 1.18. The molecule has 3 aromatic rings. The number of carbonyl (C=O) groups is 1. The molecule has 0 aromatic heterocycles. The van der Waals surface area contributed by atoms with E-state index in [-0.39, 0.29) is 38.9 Å². The zero-order valence-corrected chi connectivity index (χ0v) is 17.0. The van der Waals surface area contributed by atoms with E-state index in [2.05, 4.69) is 10.0 Å². The minimum absolute atomic E-state index is 0.0894. The third-order valence-electron chi connectivity index (χ3n) is 4.25. The predicted octanol–water partition coefficient (Wildman–Crippen LogP) is 4.77. The second-order valence-corrected chi connectivity index (χ2v) is 8.45. The summed E-state index contributed by atoms with van der Waals surface area (Å²) in [5, 5.41) is 2.88. The van der Waals surface area contributed by atoms with Crippen LogP contribution >= 0.6 is 11.6 Å². The van der Waals surface area contributed by atoms with Crippen molar-refractivity contribution in [1.29, 1.82) is 0 Å². The molecule has 29 heavy (non-hydrogen) atoms. The second-order valence-electron chi connectivity index (χ2n) is 6.36. The normalized spacial score (nSPS) is 12.2. The van der Waals surface area contributed by atoms with Crippen molar-refractivity contribution in [2.24, 2.45) is 0 Å². The first-order valence-electron chi connectivity index (χ1n) is 8.70. The lowest BCUT2D eigenvalue weighted by molar-refractivity contribution is 0.0940. The number of halogens is 2. The predicted molar refractivity (Wildman–Crippen MR) is 111 cm³/mol. The van der Waals surface area contributed by atoms with Gasteiger partial charge in [-0.15, -0.1) is 0 Å². The standard InChI is InChI=1S/C21H18ClFN2O3S/c1-14(15-7-10-17(23)11-8-15)24-21(26)16-9-12-20(19(22)13-16)25-29(27,28)18-5-3-2-4-6-18/h2-14,25H,1H3,(H,24,26)/t14-/m0/s1. The van der Waals surface area contributed by atoms with Gasteiger partial charge >= 0.3 is 0 Å². The van der Waals surface area contributed by atoms with Gasteiger partial charge < -0.3 is 5.32 Å². The summed E-state index contributed by atoms with van der Waals surface area (Å²) in [6, 6.07) is 17.7. The quantitative estimate of drug-likeness (QED) is 0.589. The van der Waals surface area contributed by atoms with Gasteiger partial charge in [0, 0.05) is 5.56 Å². The molecule has 0 spiro atoms. The number of amides is 1. The molecule has 0 heterocycles. The van der Waals surface area contributed by atoms with E-state index in [1.807, 2.05) is 0 Å². The number of hydrogen-bond acceptors (Lipinski definition) is 3. The number of carbonyl (C=O) groups excluding carboxylic acids is 1. The van der Waals surface area contributed by atoms with E-state index in [1.54, 1.807) is 37.3 Å². The van der Waals surface area contributed by atoms with Crippen LogP contribution < -0.4 is 10.0 Å². The van der Waals surface area contributed by atoms with E-state index in [9.17, 15) is 17.6 Å². The van der Waals surface area contributed by atoms with Gasteiger partial charge in [0.05, 0.1) is 21.6 Å². The van der Waals surface area contributed by atoms with Crippen molar-refractivity contribution < 1.29 is 17.6 Å². The molecule has 5 nitrogen and oxygen atoms in total. The molecular formula is C21H18ClFN2O3S. The average Bonchev–Trinajstić information content (AvgIpc) is 2.70. The van der Waals surface area contributed by atoms with Gasteiger partial charge in [-0.05, 0) is 55.0 Å². The lowest BCUT2D eigenvalue weighted by atomic mass is 10.1. The van der Waals surface area contributed by atoms with Crippen LogP contribution in [-0.4, -0.2) is 14.3 Å². The maximum atomic E-state index is 13.0. The Balaban J connectivity index is 1.73. The Morgan fingerprint density at radius 1 is 1.00 bits per heavy atom. The Bertz CT molecular complexity index is 1120. The molecule has 1 atom stereocenters. The number of hydrogen-bond donors (Lipinski definition) is 2. The zero-order valence-electron chi connectivity index (χ0n) is 15.4. The minimum atomic E-state index is -3.79. The Morgan fingerprint density at radius 2 is 1.66 bits per heavy atom. The summed E-state index contributed by atoms with van der Waals surface area (Å²) in [6.07, 6.45) is 0. The van der Waals surface area contributed by atoms with E-state index < -0.39 is 10.0 Å². The molecule has 0 unspecified atom stereocenters. The van der Waals surface area contributed by atoms with Crippen molar-refractivity contribution in [2.75, 3.05) is 4.72 Å². The molecule has 0 aliphatic rings. The van der Waals surface area contributed by atoms with Crippen molar-refractivity contribution in [3.63, 3.8) is 0 Å². The molecule has 150 valence electrons. The van der Waals surface area contributed by atoms with Gasteiger partial charge in [0.2, 0.25) is 0 Å². The van der Waals surface area contributed by atoms with E-state index in [0.717, 1.165) is 5.56 Å². The Hall–Kier alpha value is -2.90. The highest BCUT2D eigenvalue weighted by Gasteiger charge is 2.17. The highest BCUT2D eigenvalue weighted by molar-refractivity contribution is 7.92. The van der Waals surface area contributed by atoms with Gasteiger partial charge in [-0.1, -0.05) is 41.9 Å². The third-order valence-corrected chi connectivity index (χ3v) is 5.94. The largest absolute Gasteiger partial charge is 0.346 e. The van der Waals surface area contributed by atoms with Gasteiger partial charge in [0.1, 0.15) is 5.82 Å². The monoisotopic (exact) mass is 432 g/mol. The number of benzene rings is 3. The Labute approximate surface area is 173 Å². The van der Waals surface area contributed by atoms with Crippen LogP contribution in [0, 0.1) is 5.82 Å². The number of rotatable bonds is 6. The Kier molecular flexibility index (Phi) is 6.20. The number of anilines is 1. The van der Waals surface area contributed by atoms with Gasteiger partial charge in [-0.3, -0.25) is 9.52 Å². The van der Waals surface area contributed by atoms with Crippen LogP contribution in [0.4, 0.5) is 10.1 Å². The molecular weight excluding hydrogens is 415 g/mol. The molecule has 0 saturated carbocycles. The maximum absolute atomic E-state index is 13.0. The third kappa shape index (κ3) is 5.13. The number of nitrogens with one attached hydrogen (secondary N) is 2. The highest BCUT2D eigenvalue weighted by atomic mass is 35.5. The fourth-order valence-electron chi connectivity index (χ4n) is 2.66. The van der Waals surface area contributed by atoms with E-state index in [0.29, 0.717) is 0 Å². The molecule has 0 radical (unpaired) electrons. The molecule has 0 aliphatic heterocycles. The summed E-state index contributed by atoms with van der Waals surface area (Å²) in [5.74, 6) is -0.742. The molecule has 3 rings (SSSR count). The first kappa shape index (κ1) is 20.8. The van der Waals surface area contributed by atoms with E-state index in [4.69, 9.17) is 11.6 Å². The fourth-order valence-corrected chi connectivity index (χ4v) is 4.04. The molecule has 3 aromatic carbocycles. The molecule has 1 amide bonds. The average molecular weight is 433 g/mol. The SMILES string of the molecule is C[C@H](NC(=O)c1ccc(NS(=O)(=O)c2ccccc2)c(Cl)c1)c1ccc(F)cc1. The Morgan fingerprint density at radius 3 is 2.28 bits per heavy atom. The smallest absolute Gasteiger partial charge is 0.261 e. The molecule has 0 bridgehead atoms. The molecule has 2 N–H and O–H groups in total. The van der Waals surface area contributed by atoms with Gasteiger partial charge in [0.15, 0.2) is 0 Å². The summed E-state index contributed by atoms with van der Waals surface area (Å²) >= 11 is 6.19. The van der Waals surface area contributed by atoms with E-state index >= 15 is 0 Å². The molecule has 0 saturated heterocycles. The highest BCUT2D eigenvalue weighted by Crippen LogP contribution is 2.26. The minimum Gasteiger partial charge on any atom is -0.346 e. The van der Waals surface area contributed by atoms with Crippen molar-refractivity contribution in [3.8, 4) is 0 Å². The lowest BCUT2D eigenvalue weighted by Gasteiger charge is -2.15. The van der Waals surface area contributed by atoms with Crippen LogP contribution in [-0.2, 0) is 10.0 Å². The van der Waals surface area contributed by atoms with Crippen LogP contribution in [0.2, 0.25) is 5.02 Å². The summed E-state index contributed by atoms with van der Waals surface area (Å²) < 4.78 is 40.3. The van der Waals surface area contributed by atoms with Crippen LogP contribution in [0.3, 0.4) is 0 Å². The van der Waals surface area contributed by atoms with Crippen LogP contribution in [0.5, 0.6) is 0 Å². The van der Waals surface area contributed by atoms with Gasteiger partial charge in [-0.2, -0.15) is 0 Å². The summed E-state index contributed by atoms with van der Waals surface area (Å²) in [7, 11) is -3.79. The zero-order chi connectivity index (χ0) is 21.0. The van der Waals surface area contributed by atoms with Gasteiger partial charge in [0.25, 0.3) is 15.9 Å². The number of sulfonamides is 1. The van der Waals surface area contributed by atoms with Crippen molar-refractivity contribution in [2.45, 2.75) is 17.9 Å². The van der Waals surface area contributed by atoms with Crippen molar-refractivity contribution >= 4 is 33.2 Å². The second kappa shape index (κ2) is 8.63. The molecule has 0 fully saturated rings. The lowest BCUT2D eigenvalue weighted by Crippen LogP contribution is -2.26. The maximum Gasteiger partial charge on any atom is 0.261 e. The summed E-state index contributed by atoms with van der Waals surface area (Å²) in [6.45, 7) is 1.77. The van der Waals surface area contributed by atoms with Crippen LogP contribution in [0.1, 0.15) is 28.9 Å². The molecule has 8 heteroatoms. The summed E-state index contributed by atoms with van der Waals surface area (Å²) in [4.78, 5) is 12.6. The first-order valence-corrected chi connectivity index (χ1v) is 10.6. The van der Waals surface area contributed by atoms with Crippen molar-refractivity contribution in [1.82, 2.24) is 5.32 Å². The van der Waals surface area contributed by atoms with Crippen LogP contribution in [0.25, 0.3) is 0 Å². The fraction of sp³-hybridized carbons (Fsp3) is 0.0952. The van der Waals surface area contributed by atoms with Crippen LogP contribution in [0.15, 0.2) is 77.7 Å². The van der Waals surface area contributed by atoms with E-state index in [1.165, 1.54) is 42.5 Å². The topological polar surface area (TPSA) is 75.3 Å². The van der Waals surface area contributed by atoms with Crippen molar-refractivity contribution in [3.05, 3.63) is 94.8 Å². The first-order chi connectivity index (χ1) is 13.8. The molecule has 0 aliphatic carbocycles. The van der Waals surface area contributed by atoms with Gasteiger partial charge in [-0.25, -0.2) is 12.8 Å².